The van der Waals surface area contributed by atoms with Gasteiger partial charge in [0.1, 0.15) is 12.1 Å². The molecule has 3 aromatic rings. The summed E-state index contributed by atoms with van der Waals surface area (Å²) in [5.74, 6) is 1.01. The van der Waals surface area contributed by atoms with Crippen molar-refractivity contribution in [3.05, 3.63) is 53.3 Å². The molecule has 0 aliphatic carbocycles. The maximum Gasteiger partial charge on any atom is 0.157 e. The van der Waals surface area contributed by atoms with E-state index in [-0.39, 0.29) is 0 Å². The lowest BCUT2D eigenvalue weighted by Gasteiger charge is -2.20. The zero-order valence-electron chi connectivity index (χ0n) is 14.3. The Morgan fingerprint density at radius 1 is 1.25 bits per heavy atom. The van der Waals surface area contributed by atoms with Gasteiger partial charge in [0, 0.05) is 37.2 Å². The first-order chi connectivity index (χ1) is 11.3. The van der Waals surface area contributed by atoms with E-state index in [2.05, 4.69) is 17.0 Å². The summed E-state index contributed by atoms with van der Waals surface area (Å²) in [6.07, 6.45) is 3.74. The number of nitrogens with one attached hydrogen (secondary N) is 1. The van der Waals surface area contributed by atoms with Gasteiger partial charge in [-0.3, -0.25) is 0 Å². The fraction of sp³-hybridized carbons (Fsp3) is 0.294. The van der Waals surface area contributed by atoms with Crippen molar-refractivity contribution >= 4 is 21.2 Å². The number of pyridine rings is 1. The minimum atomic E-state index is -2.67. The highest BCUT2D eigenvalue weighted by Gasteiger charge is 2.15. The maximum atomic E-state index is 11.8. The monoisotopic (exact) mass is 343 g/mol. The molecule has 0 saturated heterocycles. The molecule has 6 nitrogen and oxygen atoms in total. The van der Waals surface area contributed by atoms with Crippen LogP contribution in [0.1, 0.15) is 16.7 Å². The van der Waals surface area contributed by atoms with Crippen LogP contribution in [-0.4, -0.2) is 39.2 Å². The molecular weight excluding hydrogens is 322 g/mol. The number of fused-ring (bicyclic) bond motifs is 1. The number of anilines is 1. The summed E-state index contributed by atoms with van der Waals surface area (Å²) in [6.45, 7) is 2.08. The van der Waals surface area contributed by atoms with Crippen LogP contribution in [0.5, 0.6) is 0 Å². The molecular formula is C17H21N5OS. The van der Waals surface area contributed by atoms with Crippen molar-refractivity contribution in [3.8, 4) is 0 Å². The predicted molar refractivity (Wildman–Crippen MR) is 96.4 cm³/mol. The molecule has 126 valence electrons. The first-order valence-corrected chi connectivity index (χ1v) is 9.56. The molecule has 0 bridgehead atoms. The Labute approximate surface area is 142 Å². The topological polar surface area (TPSA) is 74.3 Å². The summed E-state index contributed by atoms with van der Waals surface area (Å²) in [4.78, 5) is 6.88. The van der Waals surface area contributed by atoms with Crippen LogP contribution in [0.4, 0.5) is 5.82 Å². The lowest BCUT2D eigenvalue weighted by Crippen LogP contribution is -2.17. The molecule has 0 spiro atoms. The molecule has 2 aromatic heterocycles. The molecule has 0 aliphatic heterocycles. The van der Waals surface area contributed by atoms with Crippen molar-refractivity contribution in [2.75, 3.05) is 25.3 Å². The van der Waals surface area contributed by atoms with E-state index in [1.165, 1.54) is 11.8 Å². The quantitative estimate of drug-likeness (QED) is 0.790. The minimum Gasteiger partial charge on any atom is -0.362 e. The Balaban J connectivity index is 2.06. The lowest BCUT2D eigenvalue weighted by atomic mass is 10.0. The summed E-state index contributed by atoms with van der Waals surface area (Å²) >= 11 is 0. The Morgan fingerprint density at radius 2 is 1.92 bits per heavy atom. The summed E-state index contributed by atoms with van der Waals surface area (Å²) in [5.41, 5.74) is 4.26. The molecule has 24 heavy (non-hydrogen) atoms. The number of benzene rings is 1. The van der Waals surface area contributed by atoms with E-state index in [9.17, 15) is 4.21 Å². The largest absolute Gasteiger partial charge is 0.362 e. The molecule has 1 N–H and O–H groups in total. The van der Waals surface area contributed by atoms with Crippen molar-refractivity contribution in [1.29, 1.82) is 4.78 Å². The van der Waals surface area contributed by atoms with E-state index in [4.69, 9.17) is 4.78 Å². The van der Waals surface area contributed by atoms with Crippen LogP contribution < -0.4 is 4.90 Å². The molecule has 1 atom stereocenters. The number of aromatic nitrogens is 3. The average molecular weight is 343 g/mol. The van der Waals surface area contributed by atoms with Crippen molar-refractivity contribution in [2.45, 2.75) is 18.2 Å². The predicted octanol–water partition coefficient (Wildman–Crippen LogP) is 2.73. The van der Waals surface area contributed by atoms with Gasteiger partial charge in [0.15, 0.2) is 5.65 Å². The van der Waals surface area contributed by atoms with E-state index in [1.54, 1.807) is 18.5 Å². The van der Waals surface area contributed by atoms with Gasteiger partial charge in [-0.15, -0.1) is 0 Å². The molecule has 7 heteroatoms. The lowest BCUT2D eigenvalue weighted by molar-refractivity contribution is 0.679. The zero-order valence-corrected chi connectivity index (χ0v) is 15.1. The smallest absolute Gasteiger partial charge is 0.157 e. The van der Waals surface area contributed by atoms with E-state index in [1.807, 2.05) is 41.7 Å². The van der Waals surface area contributed by atoms with Crippen LogP contribution in [0.2, 0.25) is 0 Å². The van der Waals surface area contributed by atoms with Crippen molar-refractivity contribution in [2.24, 2.45) is 0 Å². The van der Waals surface area contributed by atoms with Gasteiger partial charge >= 0.3 is 0 Å². The minimum absolute atomic E-state index is 0.558. The number of hydrogen-bond donors (Lipinski definition) is 1. The van der Waals surface area contributed by atoms with E-state index in [0.717, 1.165) is 29.0 Å². The summed E-state index contributed by atoms with van der Waals surface area (Å²) < 4.78 is 21.3. The number of nitrogens with zero attached hydrogens (tertiary/aromatic N) is 4. The molecule has 3 rings (SSSR count). The van der Waals surface area contributed by atoms with E-state index < -0.39 is 9.73 Å². The van der Waals surface area contributed by atoms with Crippen molar-refractivity contribution in [1.82, 2.24) is 14.6 Å². The van der Waals surface area contributed by atoms with Crippen molar-refractivity contribution in [3.63, 3.8) is 0 Å². The Bertz CT molecular complexity index is 988. The second-order valence-electron chi connectivity index (χ2n) is 6.22. The van der Waals surface area contributed by atoms with Gasteiger partial charge in [0.2, 0.25) is 0 Å². The third-order valence-electron chi connectivity index (χ3n) is 4.04. The third-order valence-corrected chi connectivity index (χ3v) is 5.22. The second-order valence-corrected chi connectivity index (χ2v) is 8.38. The van der Waals surface area contributed by atoms with Gasteiger partial charge in [-0.05, 0) is 36.2 Å². The summed E-state index contributed by atoms with van der Waals surface area (Å²) in [6, 6.07) is 9.48. The zero-order chi connectivity index (χ0) is 17.5. The first kappa shape index (κ1) is 16.4. The molecule has 0 saturated carbocycles. The highest BCUT2D eigenvalue weighted by Crippen LogP contribution is 2.26. The van der Waals surface area contributed by atoms with Crippen LogP contribution in [0.25, 0.3) is 5.65 Å². The van der Waals surface area contributed by atoms with Crippen LogP contribution >= 0.6 is 0 Å². The van der Waals surface area contributed by atoms with Gasteiger partial charge in [-0.2, -0.15) is 9.61 Å². The summed E-state index contributed by atoms with van der Waals surface area (Å²) in [5, 5.41) is 4.33. The first-order valence-electron chi connectivity index (χ1n) is 7.59. The second kappa shape index (κ2) is 5.90. The van der Waals surface area contributed by atoms with Gasteiger partial charge in [0.05, 0.1) is 9.73 Å². The number of aryl methyl sites for hydroxylation is 1. The fourth-order valence-corrected chi connectivity index (χ4v) is 3.50. The molecule has 0 radical (unpaired) electrons. The molecule has 1 unspecified atom stereocenters. The van der Waals surface area contributed by atoms with E-state index >= 15 is 0 Å². The van der Waals surface area contributed by atoms with Crippen LogP contribution in [0.15, 0.2) is 41.6 Å². The molecule has 0 aliphatic rings. The van der Waals surface area contributed by atoms with Crippen LogP contribution in [-0.2, 0) is 16.1 Å². The van der Waals surface area contributed by atoms with Gasteiger partial charge in [-0.1, -0.05) is 12.1 Å². The number of hydrogen-bond acceptors (Lipinski definition) is 5. The van der Waals surface area contributed by atoms with E-state index in [0.29, 0.717) is 4.90 Å². The van der Waals surface area contributed by atoms with Gasteiger partial charge in [-0.25, -0.2) is 14.0 Å². The Hall–Kier alpha value is -2.41. The fourth-order valence-electron chi connectivity index (χ4n) is 2.85. The van der Waals surface area contributed by atoms with Crippen LogP contribution in [0, 0.1) is 11.7 Å². The SMILES string of the molecule is Cc1cc2ncnn2c(N(C)C)c1Cc1ccc(S(C)(=N)=O)cc1. The Morgan fingerprint density at radius 3 is 2.50 bits per heavy atom. The molecule has 0 amide bonds. The molecule has 1 aromatic carbocycles. The number of rotatable bonds is 4. The molecule has 2 heterocycles. The van der Waals surface area contributed by atoms with Crippen molar-refractivity contribution < 1.29 is 4.21 Å². The maximum absolute atomic E-state index is 11.8. The standard InChI is InChI=1S/C17H21N5OS/c1-12-9-16-19-11-20-22(16)17(21(2)3)15(12)10-13-5-7-14(8-6-13)24(4,18)23/h5-9,11,18H,10H2,1-4H3. The van der Waals surface area contributed by atoms with Gasteiger partial charge in [0.25, 0.3) is 0 Å². The average Bonchev–Trinajstić information content (AvgIpc) is 2.94. The highest BCUT2D eigenvalue weighted by atomic mass is 32.2. The van der Waals surface area contributed by atoms with Gasteiger partial charge < -0.3 is 4.90 Å². The Kier molecular flexibility index (Phi) is 4.04. The van der Waals surface area contributed by atoms with Crippen LogP contribution in [0.3, 0.4) is 0 Å². The normalized spacial score (nSPS) is 13.8. The summed E-state index contributed by atoms with van der Waals surface area (Å²) in [7, 11) is 1.32. The molecule has 0 fully saturated rings. The highest BCUT2D eigenvalue weighted by molar-refractivity contribution is 7.91. The third kappa shape index (κ3) is 2.99.